The second-order valence-corrected chi connectivity index (χ2v) is 6.69. The number of hydrazone groups is 1. The molecule has 1 saturated carbocycles. The Morgan fingerprint density at radius 1 is 1.19 bits per heavy atom. The van der Waals surface area contributed by atoms with Gasteiger partial charge in [-0.05, 0) is 41.8 Å². The zero-order chi connectivity index (χ0) is 18.1. The smallest absolute Gasteiger partial charge is 0.257 e. The van der Waals surface area contributed by atoms with Crippen LogP contribution in [0.4, 0.5) is 0 Å². The molecule has 2 atom stereocenters. The molecule has 0 saturated heterocycles. The van der Waals surface area contributed by atoms with E-state index in [1.165, 1.54) is 11.8 Å². The van der Waals surface area contributed by atoms with Crippen LogP contribution >= 0.6 is 0 Å². The van der Waals surface area contributed by atoms with Gasteiger partial charge in [0.05, 0.1) is 17.3 Å². The van der Waals surface area contributed by atoms with Crippen LogP contribution in [0.25, 0.3) is 10.9 Å². The number of aryl methyl sites for hydroxylation is 1. The number of rotatable bonds is 4. The Balaban J connectivity index is 1.44. The van der Waals surface area contributed by atoms with E-state index in [4.69, 9.17) is 0 Å². The molecule has 2 N–H and O–H groups in total. The summed E-state index contributed by atoms with van der Waals surface area (Å²) in [6, 6.07) is 17.6. The molecule has 0 spiro atoms. The van der Waals surface area contributed by atoms with Crippen molar-refractivity contribution in [3.05, 3.63) is 81.6 Å². The van der Waals surface area contributed by atoms with Crippen LogP contribution in [-0.4, -0.2) is 17.1 Å². The summed E-state index contributed by atoms with van der Waals surface area (Å²) in [5.41, 5.74) is 5.76. The number of para-hydroxylation sites is 1. The maximum absolute atomic E-state index is 12.2. The average Bonchev–Trinajstić information content (AvgIpc) is 3.45. The molecule has 1 fully saturated rings. The normalized spacial score (nSPS) is 19.0. The van der Waals surface area contributed by atoms with Gasteiger partial charge in [-0.15, -0.1) is 0 Å². The zero-order valence-corrected chi connectivity index (χ0v) is 14.4. The molecular weight excluding hydrogens is 326 g/mol. The molecule has 5 heteroatoms. The molecule has 2 aromatic carbocycles. The van der Waals surface area contributed by atoms with Crippen molar-refractivity contribution in [1.29, 1.82) is 0 Å². The number of amides is 1. The van der Waals surface area contributed by atoms with E-state index in [1.54, 1.807) is 6.07 Å². The molecule has 5 nitrogen and oxygen atoms in total. The van der Waals surface area contributed by atoms with Crippen LogP contribution in [-0.2, 0) is 4.79 Å². The topological polar surface area (TPSA) is 74.3 Å². The van der Waals surface area contributed by atoms with Crippen LogP contribution in [0.15, 0.2) is 64.5 Å². The molecule has 0 unspecified atom stereocenters. The van der Waals surface area contributed by atoms with Gasteiger partial charge in [0.25, 0.3) is 5.56 Å². The lowest BCUT2D eigenvalue weighted by Crippen LogP contribution is -2.21. The number of hydrogen-bond acceptors (Lipinski definition) is 3. The number of H-pyrrole nitrogens is 1. The molecule has 1 aliphatic carbocycles. The van der Waals surface area contributed by atoms with E-state index in [0.29, 0.717) is 5.56 Å². The Labute approximate surface area is 150 Å². The molecule has 1 aliphatic rings. The van der Waals surface area contributed by atoms with E-state index in [-0.39, 0.29) is 23.3 Å². The second kappa shape index (κ2) is 6.59. The maximum atomic E-state index is 12.2. The molecular formula is C21H19N3O2. The van der Waals surface area contributed by atoms with Crippen LogP contribution < -0.4 is 11.0 Å². The highest BCUT2D eigenvalue weighted by molar-refractivity contribution is 5.90. The molecule has 0 aliphatic heterocycles. The first kappa shape index (κ1) is 16.3. The molecule has 0 radical (unpaired) electrons. The van der Waals surface area contributed by atoms with Crippen molar-refractivity contribution in [2.45, 2.75) is 19.3 Å². The van der Waals surface area contributed by atoms with E-state index in [9.17, 15) is 9.59 Å². The number of carbonyl (C=O) groups is 1. The minimum Gasteiger partial charge on any atom is -0.321 e. The Morgan fingerprint density at radius 2 is 2.00 bits per heavy atom. The van der Waals surface area contributed by atoms with Crippen molar-refractivity contribution in [2.75, 3.05) is 0 Å². The third-order valence-electron chi connectivity index (χ3n) is 4.85. The highest BCUT2D eigenvalue weighted by atomic mass is 16.2. The van der Waals surface area contributed by atoms with E-state index < -0.39 is 0 Å². The summed E-state index contributed by atoms with van der Waals surface area (Å²) in [6.07, 6.45) is 2.24. The highest BCUT2D eigenvalue weighted by Crippen LogP contribution is 2.47. The number of fused-ring (bicyclic) bond motifs is 1. The van der Waals surface area contributed by atoms with Gasteiger partial charge in [0, 0.05) is 5.92 Å². The van der Waals surface area contributed by atoms with Crippen LogP contribution in [0.1, 0.15) is 29.0 Å². The van der Waals surface area contributed by atoms with Gasteiger partial charge in [-0.1, -0.05) is 48.5 Å². The maximum Gasteiger partial charge on any atom is 0.257 e. The number of nitrogens with zero attached hydrogens (tertiary/aromatic N) is 1. The number of pyridine rings is 1. The molecule has 1 heterocycles. The minimum atomic E-state index is -0.224. The van der Waals surface area contributed by atoms with Gasteiger partial charge < -0.3 is 4.98 Å². The summed E-state index contributed by atoms with van der Waals surface area (Å²) >= 11 is 0. The van der Waals surface area contributed by atoms with E-state index in [0.717, 1.165) is 22.9 Å². The fourth-order valence-electron chi connectivity index (χ4n) is 3.30. The van der Waals surface area contributed by atoms with Gasteiger partial charge >= 0.3 is 0 Å². The van der Waals surface area contributed by atoms with Crippen LogP contribution in [0.5, 0.6) is 0 Å². The molecule has 0 bridgehead atoms. The van der Waals surface area contributed by atoms with E-state index in [1.807, 2.05) is 55.5 Å². The van der Waals surface area contributed by atoms with Crippen molar-refractivity contribution >= 4 is 23.0 Å². The average molecular weight is 345 g/mol. The summed E-state index contributed by atoms with van der Waals surface area (Å²) in [4.78, 5) is 27.3. The lowest BCUT2D eigenvalue weighted by molar-refractivity contribution is -0.122. The Kier molecular flexibility index (Phi) is 4.13. The first-order valence-corrected chi connectivity index (χ1v) is 8.64. The minimum absolute atomic E-state index is 0.0490. The predicted molar refractivity (Wildman–Crippen MR) is 102 cm³/mol. The summed E-state index contributed by atoms with van der Waals surface area (Å²) in [5.74, 6) is 0.105. The van der Waals surface area contributed by atoms with Gasteiger partial charge in [-0.25, -0.2) is 5.43 Å². The predicted octanol–water partition coefficient (Wildman–Crippen LogP) is 3.09. The first-order valence-electron chi connectivity index (χ1n) is 8.64. The summed E-state index contributed by atoms with van der Waals surface area (Å²) in [7, 11) is 0. The SMILES string of the molecule is Cc1cccc2cc(/C=N\NC(=O)[C@H]3C[C@@H]3c3ccccc3)c(=O)[nH]c12. The molecule has 130 valence electrons. The first-order chi connectivity index (χ1) is 12.6. The number of hydrogen-bond donors (Lipinski definition) is 2. The third kappa shape index (κ3) is 3.16. The highest BCUT2D eigenvalue weighted by Gasteiger charge is 2.43. The van der Waals surface area contributed by atoms with E-state index >= 15 is 0 Å². The number of aromatic amines is 1. The van der Waals surface area contributed by atoms with Gasteiger partial charge in [-0.3, -0.25) is 9.59 Å². The molecule has 26 heavy (non-hydrogen) atoms. The van der Waals surface area contributed by atoms with Gasteiger partial charge in [0.2, 0.25) is 5.91 Å². The van der Waals surface area contributed by atoms with Gasteiger partial charge in [0.1, 0.15) is 0 Å². The van der Waals surface area contributed by atoms with Gasteiger partial charge in [-0.2, -0.15) is 5.10 Å². The quantitative estimate of drug-likeness (QED) is 0.563. The summed E-state index contributed by atoms with van der Waals surface area (Å²) in [6.45, 7) is 1.95. The number of aromatic nitrogens is 1. The lowest BCUT2D eigenvalue weighted by Gasteiger charge is -2.03. The fraction of sp³-hybridized carbons (Fsp3) is 0.190. The zero-order valence-electron chi connectivity index (χ0n) is 14.4. The number of nitrogens with one attached hydrogen (secondary N) is 2. The molecule has 1 aromatic heterocycles. The molecule has 1 amide bonds. The van der Waals surface area contributed by atoms with Crippen LogP contribution in [0.2, 0.25) is 0 Å². The second-order valence-electron chi connectivity index (χ2n) is 6.69. The summed E-state index contributed by atoms with van der Waals surface area (Å²) in [5, 5.41) is 4.91. The van der Waals surface area contributed by atoms with Crippen molar-refractivity contribution in [2.24, 2.45) is 11.0 Å². The largest absolute Gasteiger partial charge is 0.321 e. The standard InChI is InChI=1S/C21H19N3O2/c1-13-6-5-9-15-10-16(20(25)23-19(13)15)12-22-24-21(26)18-11-17(18)14-7-3-2-4-8-14/h2-10,12,17-18H,11H2,1H3,(H,23,25)(H,24,26)/b22-12-/t17-,18+/m1/s1. The van der Waals surface area contributed by atoms with Gasteiger partial charge in [0.15, 0.2) is 0 Å². The molecule has 3 aromatic rings. The number of benzene rings is 2. The van der Waals surface area contributed by atoms with E-state index in [2.05, 4.69) is 15.5 Å². The Hall–Kier alpha value is -3.21. The summed E-state index contributed by atoms with van der Waals surface area (Å²) < 4.78 is 0. The molecule has 4 rings (SSSR count). The van der Waals surface area contributed by atoms with Crippen molar-refractivity contribution in [3.8, 4) is 0 Å². The van der Waals surface area contributed by atoms with Crippen molar-refractivity contribution < 1.29 is 4.79 Å². The van der Waals surface area contributed by atoms with Crippen molar-refractivity contribution in [1.82, 2.24) is 10.4 Å². The lowest BCUT2D eigenvalue weighted by atomic mass is 10.1. The van der Waals surface area contributed by atoms with Crippen LogP contribution in [0.3, 0.4) is 0 Å². The Bertz CT molecular complexity index is 1050. The fourth-order valence-corrected chi connectivity index (χ4v) is 3.30. The monoisotopic (exact) mass is 345 g/mol. The third-order valence-corrected chi connectivity index (χ3v) is 4.85. The Morgan fingerprint density at radius 3 is 2.81 bits per heavy atom. The van der Waals surface area contributed by atoms with Crippen molar-refractivity contribution in [3.63, 3.8) is 0 Å². The number of carbonyl (C=O) groups excluding carboxylic acids is 1. The van der Waals surface area contributed by atoms with Crippen LogP contribution in [0, 0.1) is 12.8 Å².